The number of amides is 3. The molecule has 3 aromatic heterocycles. The Morgan fingerprint density at radius 2 is 1.84 bits per heavy atom. The number of nitrogens with zero attached hydrogens (tertiary/aromatic N) is 6. The lowest BCUT2D eigenvalue weighted by Crippen LogP contribution is -2.50. The quantitative estimate of drug-likeness (QED) is 0.148. The summed E-state index contributed by atoms with van der Waals surface area (Å²) in [4.78, 5) is 46.0. The van der Waals surface area contributed by atoms with Gasteiger partial charge in [-0.1, -0.05) is 6.92 Å². The van der Waals surface area contributed by atoms with E-state index in [1.165, 1.54) is 23.0 Å². The fourth-order valence-corrected chi connectivity index (χ4v) is 5.67. The van der Waals surface area contributed by atoms with Gasteiger partial charge < -0.3 is 26.0 Å². The third-order valence-electron chi connectivity index (χ3n) is 8.13. The number of halogens is 3. The topological polar surface area (TPSA) is 180 Å². The lowest BCUT2D eigenvalue weighted by Gasteiger charge is -2.35. The standard InChI is InChI=1S/C34H39F3N10O4/c1-5-20-15-22(43-28-29-42-18-26(47(29)14-12-39-28)25-19-46(13-9-38)45-27(25)34(35,36)37)7-8-24(20)31(49)41-11-6-10-40-30(48)21-16-23(17-21)44-32(50)51-33(2,3)4/h7-8,12,14-15,18-19,21,23H,5-6,10-11,13,16-17H2,1-4H3,(H,39,43)(H,40,48)(H,41,49)(H,44,50). The van der Waals surface area contributed by atoms with E-state index in [1.807, 2.05) is 6.92 Å². The van der Waals surface area contributed by atoms with Gasteiger partial charge >= 0.3 is 12.3 Å². The third-order valence-corrected chi connectivity index (χ3v) is 8.13. The monoisotopic (exact) mass is 708 g/mol. The zero-order valence-corrected chi connectivity index (χ0v) is 28.6. The number of carbonyl (C=O) groups is 3. The van der Waals surface area contributed by atoms with Gasteiger partial charge in [0.25, 0.3) is 5.91 Å². The van der Waals surface area contributed by atoms with E-state index in [4.69, 9.17) is 10.00 Å². The van der Waals surface area contributed by atoms with E-state index in [9.17, 15) is 27.6 Å². The Labute approximate surface area is 291 Å². The molecule has 1 saturated carbocycles. The Morgan fingerprint density at radius 3 is 2.53 bits per heavy atom. The van der Waals surface area contributed by atoms with Gasteiger partial charge in [0, 0.05) is 54.9 Å². The molecule has 1 aliphatic carbocycles. The van der Waals surface area contributed by atoms with Crippen LogP contribution in [0.5, 0.6) is 0 Å². The molecule has 3 heterocycles. The zero-order valence-electron chi connectivity index (χ0n) is 28.6. The first-order valence-electron chi connectivity index (χ1n) is 16.5. The van der Waals surface area contributed by atoms with Gasteiger partial charge in [-0.05, 0) is 70.2 Å². The van der Waals surface area contributed by atoms with Crippen LogP contribution in [0.4, 0.5) is 29.5 Å². The van der Waals surface area contributed by atoms with E-state index in [-0.39, 0.29) is 53.0 Å². The number of aromatic nitrogens is 5. The van der Waals surface area contributed by atoms with Crippen LogP contribution in [0.1, 0.15) is 68.6 Å². The first-order chi connectivity index (χ1) is 24.2. The summed E-state index contributed by atoms with van der Waals surface area (Å²) >= 11 is 0. The average molecular weight is 709 g/mol. The van der Waals surface area contributed by atoms with Crippen LogP contribution in [0.15, 0.2) is 43.0 Å². The predicted octanol–water partition coefficient (Wildman–Crippen LogP) is 4.98. The number of nitrogens with one attached hydrogen (secondary N) is 4. The summed E-state index contributed by atoms with van der Waals surface area (Å²) in [7, 11) is 0. The van der Waals surface area contributed by atoms with Gasteiger partial charge in [-0.15, -0.1) is 0 Å². The Kier molecular flexibility index (Phi) is 10.8. The number of alkyl carbamates (subject to hydrolysis) is 1. The Hall–Kier alpha value is -5.66. The van der Waals surface area contributed by atoms with Crippen molar-refractivity contribution in [3.63, 3.8) is 0 Å². The van der Waals surface area contributed by atoms with Crippen LogP contribution in [0, 0.1) is 17.2 Å². The highest BCUT2D eigenvalue weighted by Crippen LogP contribution is 2.37. The molecule has 4 aromatic rings. The largest absolute Gasteiger partial charge is 0.444 e. The molecule has 0 radical (unpaired) electrons. The number of alkyl halides is 3. The van der Waals surface area contributed by atoms with E-state index < -0.39 is 23.6 Å². The van der Waals surface area contributed by atoms with Gasteiger partial charge in [0.1, 0.15) is 12.1 Å². The second-order valence-electron chi connectivity index (χ2n) is 13.1. The van der Waals surface area contributed by atoms with Crippen molar-refractivity contribution < 1.29 is 32.3 Å². The average Bonchev–Trinajstić information content (AvgIpc) is 3.66. The third kappa shape index (κ3) is 8.93. The van der Waals surface area contributed by atoms with Crippen molar-refractivity contribution in [2.75, 3.05) is 18.4 Å². The summed E-state index contributed by atoms with van der Waals surface area (Å²) in [6.07, 6.45) is 2.26. The summed E-state index contributed by atoms with van der Waals surface area (Å²) in [5.74, 6) is -0.261. The van der Waals surface area contributed by atoms with Crippen LogP contribution >= 0.6 is 0 Å². The molecule has 0 unspecified atom stereocenters. The van der Waals surface area contributed by atoms with Crippen LogP contribution in [0.2, 0.25) is 0 Å². The number of imidazole rings is 1. The number of hydrogen-bond donors (Lipinski definition) is 4. The molecule has 4 N–H and O–H groups in total. The van der Waals surface area contributed by atoms with E-state index >= 15 is 0 Å². The van der Waals surface area contributed by atoms with Crippen molar-refractivity contribution in [1.29, 1.82) is 5.26 Å². The van der Waals surface area contributed by atoms with Crippen molar-refractivity contribution in [3.05, 3.63) is 59.8 Å². The number of nitriles is 1. The highest BCUT2D eigenvalue weighted by Gasteiger charge is 2.39. The summed E-state index contributed by atoms with van der Waals surface area (Å²) in [6, 6.07) is 6.86. The molecule has 0 aliphatic heterocycles. The highest BCUT2D eigenvalue weighted by atomic mass is 19.4. The van der Waals surface area contributed by atoms with Crippen LogP contribution in [-0.4, -0.2) is 66.8 Å². The Balaban J connectivity index is 1.14. The molecule has 17 heteroatoms. The van der Waals surface area contributed by atoms with E-state index in [1.54, 1.807) is 45.0 Å². The van der Waals surface area contributed by atoms with E-state index in [0.29, 0.717) is 50.0 Å². The molecule has 3 amide bonds. The summed E-state index contributed by atoms with van der Waals surface area (Å²) in [5, 5.41) is 24.2. The Bertz CT molecular complexity index is 1950. The highest BCUT2D eigenvalue weighted by molar-refractivity contribution is 5.96. The molecule has 5 rings (SSSR count). The Morgan fingerprint density at radius 1 is 1.10 bits per heavy atom. The van der Waals surface area contributed by atoms with Crippen molar-refractivity contribution >= 4 is 35.1 Å². The molecular formula is C34H39F3N10O4. The van der Waals surface area contributed by atoms with Crippen LogP contribution < -0.4 is 21.3 Å². The number of anilines is 2. The molecule has 0 atom stereocenters. The minimum atomic E-state index is -4.75. The number of rotatable bonds is 12. The predicted molar refractivity (Wildman–Crippen MR) is 180 cm³/mol. The van der Waals surface area contributed by atoms with Crippen molar-refractivity contribution in [3.8, 4) is 17.3 Å². The van der Waals surface area contributed by atoms with Gasteiger partial charge in [0.15, 0.2) is 17.2 Å². The summed E-state index contributed by atoms with van der Waals surface area (Å²) in [5.41, 5.74) is 0.258. The molecule has 0 saturated heterocycles. The lowest BCUT2D eigenvalue weighted by atomic mass is 9.79. The second kappa shape index (κ2) is 15.1. The molecule has 1 aromatic carbocycles. The number of carbonyl (C=O) groups excluding carboxylic acids is 3. The molecule has 51 heavy (non-hydrogen) atoms. The lowest BCUT2D eigenvalue weighted by molar-refractivity contribution is -0.141. The summed E-state index contributed by atoms with van der Waals surface area (Å²) in [6.45, 7) is 7.64. The fourth-order valence-electron chi connectivity index (χ4n) is 5.67. The van der Waals surface area contributed by atoms with Crippen molar-refractivity contribution in [2.45, 2.75) is 77.7 Å². The molecule has 0 bridgehead atoms. The van der Waals surface area contributed by atoms with E-state index in [2.05, 4.69) is 36.3 Å². The van der Waals surface area contributed by atoms with Gasteiger partial charge in [0.2, 0.25) is 5.91 Å². The van der Waals surface area contributed by atoms with Gasteiger partial charge in [0.05, 0.1) is 23.5 Å². The molecular weight excluding hydrogens is 669 g/mol. The smallest absolute Gasteiger partial charge is 0.435 e. The van der Waals surface area contributed by atoms with Gasteiger partial charge in [-0.3, -0.25) is 18.7 Å². The first kappa shape index (κ1) is 36.6. The van der Waals surface area contributed by atoms with Crippen molar-refractivity contribution in [2.24, 2.45) is 5.92 Å². The second-order valence-corrected chi connectivity index (χ2v) is 13.1. The van der Waals surface area contributed by atoms with Crippen LogP contribution in [0.3, 0.4) is 0 Å². The van der Waals surface area contributed by atoms with E-state index in [0.717, 1.165) is 16.4 Å². The molecule has 270 valence electrons. The number of fused-ring (bicyclic) bond motifs is 1. The number of ether oxygens (including phenoxy) is 1. The number of aryl methyl sites for hydroxylation is 1. The van der Waals surface area contributed by atoms with Gasteiger partial charge in [-0.2, -0.15) is 23.5 Å². The SMILES string of the molecule is CCc1cc(Nc2nccn3c(-c4cn(CC#N)nc4C(F)(F)F)cnc23)ccc1C(=O)NCCCNC(=O)C1CC(NC(=O)OC(C)(C)C)C1. The molecule has 0 spiro atoms. The maximum absolute atomic E-state index is 13.8. The maximum atomic E-state index is 13.8. The molecule has 1 fully saturated rings. The minimum absolute atomic E-state index is 0.0885. The zero-order chi connectivity index (χ0) is 36.9. The first-order valence-corrected chi connectivity index (χ1v) is 16.5. The van der Waals surface area contributed by atoms with Crippen LogP contribution in [-0.2, 0) is 28.7 Å². The molecule has 1 aliphatic rings. The normalized spacial score (nSPS) is 15.8. The fraction of sp³-hybridized carbons (Fsp3) is 0.441. The van der Waals surface area contributed by atoms with Crippen LogP contribution in [0.25, 0.3) is 16.9 Å². The van der Waals surface area contributed by atoms with Crippen molar-refractivity contribution in [1.82, 2.24) is 40.1 Å². The summed E-state index contributed by atoms with van der Waals surface area (Å²) < 4.78 is 49.0. The number of hydrogen-bond acceptors (Lipinski definition) is 9. The maximum Gasteiger partial charge on any atom is 0.435 e. The minimum Gasteiger partial charge on any atom is -0.444 e. The number of benzene rings is 1. The molecule has 14 nitrogen and oxygen atoms in total. The van der Waals surface area contributed by atoms with Gasteiger partial charge in [-0.25, -0.2) is 14.8 Å².